The molecule has 1 aromatic heterocycles. The fraction of sp³-hybridized carbons (Fsp3) is 0.429. The highest BCUT2D eigenvalue weighted by Gasteiger charge is 2.22. The third-order valence-electron chi connectivity index (χ3n) is 3.46. The van der Waals surface area contributed by atoms with Gasteiger partial charge in [0.25, 0.3) is 0 Å². The molecule has 0 saturated heterocycles. The van der Waals surface area contributed by atoms with Gasteiger partial charge in [-0.1, -0.05) is 49.9 Å². The standard InChI is InChI=1S/C14H18N4S/c1-9(2)11-4-6-12(7-5-11)13-8-19-14-16-15-10(3)18(14)17-13/h4-7,9,13,17H,8H2,1-3H3. The van der Waals surface area contributed by atoms with E-state index in [1.54, 1.807) is 11.8 Å². The Morgan fingerprint density at radius 2 is 2.00 bits per heavy atom. The fourth-order valence-corrected chi connectivity index (χ4v) is 3.22. The van der Waals surface area contributed by atoms with Gasteiger partial charge in [-0.3, -0.25) is 0 Å². The summed E-state index contributed by atoms with van der Waals surface area (Å²) in [6, 6.07) is 9.20. The Morgan fingerprint density at radius 3 is 2.68 bits per heavy atom. The fourth-order valence-electron chi connectivity index (χ4n) is 2.22. The minimum atomic E-state index is 0.313. The van der Waals surface area contributed by atoms with Crippen molar-refractivity contribution in [1.29, 1.82) is 0 Å². The number of rotatable bonds is 2. The van der Waals surface area contributed by atoms with Crippen molar-refractivity contribution in [2.24, 2.45) is 0 Å². The first-order valence-corrected chi connectivity index (χ1v) is 7.55. The number of nitrogens with one attached hydrogen (secondary N) is 1. The van der Waals surface area contributed by atoms with Crippen LogP contribution in [0.25, 0.3) is 0 Å². The minimum absolute atomic E-state index is 0.313. The van der Waals surface area contributed by atoms with E-state index in [9.17, 15) is 0 Å². The van der Waals surface area contributed by atoms with Crippen LogP contribution in [-0.4, -0.2) is 20.6 Å². The molecular formula is C14H18N4S. The number of benzene rings is 1. The Kier molecular flexibility index (Phi) is 3.22. The largest absolute Gasteiger partial charge is 0.314 e. The van der Waals surface area contributed by atoms with Gasteiger partial charge in [0, 0.05) is 5.75 Å². The molecule has 1 unspecified atom stereocenters. The van der Waals surface area contributed by atoms with Gasteiger partial charge in [-0.05, 0) is 24.0 Å². The van der Waals surface area contributed by atoms with Crippen LogP contribution in [0.3, 0.4) is 0 Å². The van der Waals surface area contributed by atoms with Crippen LogP contribution in [0.4, 0.5) is 0 Å². The van der Waals surface area contributed by atoms with Crippen LogP contribution in [0, 0.1) is 6.92 Å². The summed E-state index contributed by atoms with van der Waals surface area (Å²) in [5.74, 6) is 2.47. The molecule has 1 N–H and O–H groups in total. The molecule has 0 aliphatic carbocycles. The number of fused-ring (bicyclic) bond motifs is 1. The first kappa shape index (κ1) is 12.5. The summed E-state index contributed by atoms with van der Waals surface area (Å²) in [7, 11) is 0. The van der Waals surface area contributed by atoms with Crippen LogP contribution in [0.5, 0.6) is 0 Å². The second-order valence-electron chi connectivity index (χ2n) is 5.18. The molecular weight excluding hydrogens is 256 g/mol. The monoisotopic (exact) mass is 274 g/mol. The molecule has 0 spiro atoms. The molecule has 0 radical (unpaired) electrons. The van der Waals surface area contributed by atoms with E-state index in [4.69, 9.17) is 0 Å². The Labute approximate surface area is 117 Å². The number of hydrogen-bond acceptors (Lipinski definition) is 4. The average Bonchev–Trinajstić information content (AvgIpc) is 2.80. The quantitative estimate of drug-likeness (QED) is 0.914. The normalized spacial score (nSPS) is 18.2. The summed E-state index contributed by atoms with van der Waals surface area (Å²) in [5.41, 5.74) is 6.18. The molecule has 1 aromatic carbocycles. The van der Waals surface area contributed by atoms with Gasteiger partial charge in [0.05, 0.1) is 6.04 Å². The van der Waals surface area contributed by atoms with Crippen molar-refractivity contribution < 1.29 is 0 Å². The maximum absolute atomic E-state index is 4.14. The molecule has 5 heteroatoms. The highest BCUT2D eigenvalue weighted by Crippen LogP contribution is 2.30. The van der Waals surface area contributed by atoms with E-state index in [1.165, 1.54) is 11.1 Å². The predicted octanol–water partition coefficient (Wildman–Crippen LogP) is 3.10. The maximum atomic E-state index is 4.14. The molecule has 0 saturated carbocycles. The predicted molar refractivity (Wildman–Crippen MR) is 78.1 cm³/mol. The molecule has 0 amide bonds. The van der Waals surface area contributed by atoms with E-state index in [1.807, 2.05) is 11.6 Å². The second-order valence-corrected chi connectivity index (χ2v) is 6.17. The van der Waals surface area contributed by atoms with Gasteiger partial charge in [-0.25, -0.2) is 4.68 Å². The van der Waals surface area contributed by atoms with Gasteiger partial charge in [-0.15, -0.1) is 10.2 Å². The van der Waals surface area contributed by atoms with Crippen molar-refractivity contribution in [3.63, 3.8) is 0 Å². The molecule has 4 nitrogen and oxygen atoms in total. The molecule has 2 heterocycles. The molecule has 2 aromatic rings. The van der Waals surface area contributed by atoms with Crippen molar-refractivity contribution in [2.45, 2.75) is 37.9 Å². The van der Waals surface area contributed by atoms with Gasteiger partial charge in [0.1, 0.15) is 5.82 Å². The van der Waals surface area contributed by atoms with Crippen LogP contribution in [0.1, 0.15) is 42.8 Å². The van der Waals surface area contributed by atoms with Crippen molar-refractivity contribution in [3.8, 4) is 0 Å². The summed E-state index contributed by atoms with van der Waals surface area (Å²) in [4.78, 5) is 0. The highest BCUT2D eigenvalue weighted by atomic mass is 32.2. The lowest BCUT2D eigenvalue weighted by Crippen LogP contribution is -2.28. The van der Waals surface area contributed by atoms with Crippen molar-refractivity contribution >= 4 is 11.8 Å². The van der Waals surface area contributed by atoms with Crippen LogP contribution in [0.15, 0.2) is 29.4 Å². The van der Waals surface area contributed by atoms with Gasteiger partial charge in [-0.2, -0.15) is 0 Å². The third-order valence-corrected chi connectivity index (χ3v) is 4.49. The summed E-state index contributed by atoms with van der Waals surface area (Å²) in [6.07, 6.45) is 0. The Balaban J connectivity index is 1.82. The van der Waals surface area contributed by atoms with Gasteiger partial charge < -0.3 is 5.43 Å². The molecule has 1 aliphatic rings. The summed E-state index contributed by atoms with van der Waals surface area (Å²) in [6.45, 7) is 6.40. The molecule has 19 heavy (non-hydrogen) atoms. The Bertz CT molecular complexity index is 574. The number of aromatic nitrogens is 3. The molecule has 3 rings (SSSR count). The van der Waals surface area contributed by atoms with Crippen molar-refractivity contribution in [3.05, 3.63) is 41.2 Å². The smallest absolute Gasteiger partial charge is 0.210 e. The summed E-state index contributed by atoms with van der Waals surface area (Å²) in [5, 5.41) is 9.18. The van der Waals surface area contributed by atoms with Crippen molar-refractivity contribution in [2.75, 3.05) is 11.2 Å². The van der Waals surface area contributed by atoms with E-state index in [0.717, 1.165) is 16.7 Å². The molecule has 0 fully saturated rings. The summed E-state index contributed by atoms with van der Waals surface area (Å²) < 4.78 is 1.98. The zero-order chi connectivity index (χ0) is 13.4. The van der Waals surface area contributed by atoms with E-state index in [2.05, 4.69) is 53.7 Å². The Morgan fingerprint density at radius 1 is 1.26 bits per heavy atom. The third kappa shape index (κ3) is 2.34. The second kappa shape index (κ2) is 4.89. The molecule has 0 bridgehead atoms. The zero-order valence-corrected chi connectivity index (χ0v) is 12.2. The maximum Gasteiger partial charge on any atom is 0.210 e. The van der Waals surface area contributed by atoms with E-state index < -0.39 is 0 Å². The highest BCUT2D eigenvalue weighted by molar-refractivity contribution is 7.99. The number of thioether (sulfide) groups is 1. The lowest BCUT2D eigenvalue weighted by atomic mass is 10.00. The Hall–Kier alpha value is -1.49. The number of aryl methyl sites for hydroxylation is 1. The SMILES string of the molecule is Cc1nnc2n1NC(c1ccc(C(C)C)cc1)CS2. The lowest BCUT2D eigenvalue weighted by Gasteiger charge is -2.26. The van der Waals surface area contributed by atoms with Crippen LogP contribution >= 0.6 is 11.8 Å². The number of nitrogens with zero attached hydrogens (tertiary/aromatic N) is 3. The van der Waals surface area contributed by atoms with Gasteiger partial charge in [0.15, 0.2) is 0 Å². The first-order valence-electron chi connectivity index (χ1n) is 6.56. The lowest BCUT2D eigenvalue weighted by molar-refractivity contribution is 0.645. The average molecular weight is 274 g/mol. The van der Waals surface area contributed by atoms with Gasteiger partial charge >= 0.3 is 0 Å². The van der Waals surface area contributed by atoms with Crippen molar-refractivity contribution in [1.82, 2.24) is 14.9 Å². The van der Waals surface area contributed by atoms with Crippen LogP contribution < -0.4 is 5.43 Å². The molecule has 1 aliphatic heterocycles. The topological polar surface area (TPSA) is 42.7 Å². The molecule has 1 atom stereocenters. The molecule has 100 valence electrons. The number of hydrogen-bond donors (Lipinski definition) is 1. The van der Waals surface area contributed by atoms with Gasteiger partial charge in [0.2, 0.25) is 5.16 Å². The zero-order valence-electron chi connectivity index (χ0n) is 11.4. The minimum Gasteiger partial charge on any atom is -0.314 e. The first-order chi connectivity index (χ1) is 9.15. The van der Waals surface area contributed by atoms with E-state index in [-0.39, 0.29) is 0 Å². The summed E-state index contributed by atoms with van der Waals surface area (Å²) >= 11 is 1.75. The van der Waals surface area contributed by atoms with Crippen LogP contribution in [0.2, 0.25) is 0 Å². The van der Waals surface area contributed by atoms with E-state index in [0.29, 0.717) is 12.0 Å². The van der Waals surface area contributed by atoms with Crippen LogP contribution in [-0.2, 0) is 0 Å². The van der Waals surface area contributed by atoms with E-state index >= 15 is 0 Å².